The second-order valence-corrected chi connectivity index (χ2v) is 5.83. The van der Waals surface area contributed by atoms with Crippen LogP contribution in [0, 0.1) is 6.92 Å². The molecule has 0 amide bonds. The fourth-order valence-electron chi connectivity index (χ4n) is 2.69. The van der Waals surface area contributed by atoms with Crippen molar-refractivity contribution in [2.24, 2.45) is 0 Å². The van der Waals surface area contributed by atoms with Crippen molar-refractivity contribution in [3.8, 4) is 0 Å². The lowest BCUT2D eigenvalue weighted by atomic mass is 10.1. The van der Waals surface area contributed by atoms with E-state index in [2.05, 4.69) is 56.1 Å². The Balaban J connectivity index is 2.09. The van der Waals surface area contributed by atoms with Gasteiger partial charge in [-0.1, -0.05) is 19.9 Å². The lowest BCUT2D eigenvalue weighted by molar-refractivity contribution is 0.587. The third-order valence-electron chi connectivity index (χ3n) is 3.91. The number of anilines is 1. The average Bonchev–Trinajstić information content (AvgIpc) is 2.73. The molecule has 100 valence electrons. The first-order chi connectivity index (χ1) is 8.58. The monoisotopic (exact) mass is 246 g/mol. The van der Waals surface area contributed by atoms with Crippen LogP contribution in [0.5, 0.6) is 0 Å². The Labute approximate surface area is 111 Å². The molecule has 1 aliphatic heterocycles. The molecule has 1 aliphatic rings. The van der Waals surface area contributed by atoms with Gasteiger partial charge in [0.15, 0.2) is 0 Å². The number of nitrogens with one attached hydrogen (secondary N) is 1. The number of hydrogen-bond acceptors (Lipinski definition) is 2. The van der Waals surface area contributed by atoms with Crippen LogP contribution >= 0.6 is 0 Å². The standard InChI is InChI=1S/C16H26N2/c1-12(2)17-11-15-7-8-16(10-13(15)3)18-9-5-6-14(18)4/h7-8,10,12,14,17H,5-6,9,11H2,1-4H3. The predicted octanol–water partition coefficient (Wildman–Crippen LogP) is 3.48. The van der Waals surface area contributed by atoms with E-state index in [1.165, 1.54) is 36.2 Å². The van der Waals surface area contributed by atoms with Gasteiger partial charge in [-0.25, -0.2) is 0 Å². The van der Waals surface area contributed by atoms with E-state index in [-0.39, 0.29) is 0 Å². The van der Waals surface area contributed by atoms with E-state index in [1.807, 2.05) is 0 Å². The van der Waals surface area contributed by atoms with Crippen LogP contribution in [0.25, 0.3) is 0 Å². The summed E-state index contributed by atoms with van der Waals surface area (Å²) in [7, 11) is 0. The fraction of sp³-hybridized carbons (Fsp3) is 0.625. The maximum Gasteiger partial charge on any atom is 0.0371 e. The van der Waals surface area contributed by atoms with Crippen LogP contribution in [-0.2, 0) is 6.54 Å². The van der Waals surface area contributed by atoms with Gasteiger partial charge < -0.3 is 10.2 Å². The maximum atomic E-state index is 3.49. The first kappa shape index (κ1) is 13.4. The second-order valence-electron chi connectivity index (χ2n) is 5.83. The minimum absolute atomic E-state index is 0.544. The van der Waals surface area contributed by atoms with Crippen molar-refractivity contribution < 1.29 is 0 Å². The minimum atomic E-state index is 0.544. The lowest BCUT2D eigenvalue weighted by Crippen LogP contribution is -2.26. The zero-order chi connectivity index (χ0) is 13.1. The van der Waals surface area contributed by atoms with Crippen molar-refractivity contribution in [2.45, 2.75) is 59.2 Å². The van der Waals surface area contributed by atoms with Crippen molar-refractivity contribution in [2.75, 3.05) is 11.4 Å². The summed E-state index contributed by atoms with van der Waals surface area (Å²) in [5, 5.41) is 3.49. The van der Waals surface area contributed by atoms with Gasteiger partial charge >= 0.3 is 0 Å². The topological polar surface area (TPSA) is 15.3 Å². The average molecular weight is 246 g/mol. The Hall–Kier alpha value is -1.02. The molecule has 1 aromatic carbocycles. The summed E-state index contributed by atoms with van der Waals surface area (Å²) in [5.74, 6) is 0. The van der Waals surface area contributed by atoms with Crippen molar-refractivity contribution in [1.29, 1.82) is 0 Å². The Morgan fingerprint density at radius 3 is 2.72 bits per heavy atom. The molecule has 1 atom stereocenters. The van der Waals surface area contributed by atoms with Crippen LogP contribution in [0.4, 0.5) is 5.69 Å². The van der Waals surface area contributed by atoms with E-state index >= 15 is 0 Å². The van der Waals surface area contributed by atoms with E-state index in [1.54, 1.807) is 0 Å². The number of nitrogens with zero attached hydrogens (tertiary/aromatic N) is 1. The van der Waals surface area contributed by atoms with Gasteiger partial charge in [0.2, 0.25) is 0 Å². The summed E-state index contributed by atoms with van der Waals surface area (Å²) >= 11 is 0. The highest BCUT2D eigenvalue weighted by atomic mass is 15.2. The molecule has 1 N–H and O–H groups in total. The molecular weight excluding hydrogens is 220 g/mol. The van der Waals surface area contributed by atoms with E-state index < -0.39 is 0 Å². The highest BCUT2D eigenvalue weighted by Crippen LogP contribution is 2.27. The van der Waals surface area contributed by atoms with Crippen LogP contribution in [-0.4, -0.2) is 18.6 Å². The molecular formula is C16H26N2. The van der Waals surface area contributed by atoms with Gasteiger partial charge in [0, 0.05) is 30.9 Å². The molecule has 0 spiro atoms. The van der Waals surface area contributed by atoms with Crippen LogP contribution in [0.2, 0.25) is 0 Å². The molecule has 0 saturated carbocycles. The first-order valence-corrected chi connectivity index (χ1v) is 7.17. The summed E-state index contributed by atoms with van der Waals surface area (Å²) in [6.07, 6.45) is 2.66. The smallest absolute Gasteiger partial charge is 0.0371 e. The first-order valence-electron chi connectivity index (χ1n) is 7.17. The second kappa shape index (κ2) is 5.75. The van der Waals surface area contributed by atoms with Crippen molar-refractivity contribution in [1.82, 2.24) is 5.32 Å². The van der Waals surface area contributed by atoms with Crippen molar-refractivity contribution >= 4 is 5.69 Å². The molecule has 1 unspecified atom stereocenters. The van der Waals surface area contributed by atoms with Gasteiger partial charge in [0.25, 0.3) is 0 Å². The molecule has 1 saturated heterocycles. The van der Waals surface area contributed by atoms with Gasteiger partial charge in [-0.05, 0) is 49.9 Å². The van der Waals surface area contributed by atoms with Gasteiger partial charge in [-0.3, -0.25) is 0 Å². The molecule has 2 heteroatoms. The molecule has 0 aliphatic carbocycles. The molecule has 18 heavy (non-hydrogen) atoms. The van der Waals surface area contributed by atoms with E-state index in [0.29, 0.717) is 12.1 Å². The van der Waals surface area contributed by atoms with Gasteiger partial charge in [-0.2, -0.15) is 0 Å². The lowest BCUT2D eigenvalue weighted by Gasteiger charge is -2.25. The Kier molecular flexibility index (Phi) is 4.28. The highest BCUT2D eigenvalue weighted by Gasteiger charge is 2.20. The Morgan fingerprint density at radius 1 is 1.39 bits per heavy atom. The Morgan fingerprint density at radius 2 is 2.17 bits per heavy atom. The van der Waals surface area contributed by atoms with Crippen molar-refractivity contribution in [3.63, 3.8) is 0 Å². The third-order valence-corrected chi connectivity index (χ3v) is 3.91. The van der Waals surface area contributed by atoms with E-state index in [0.717, 1.165) is 6.54 Å². The molecule has 2 nitrogen and oxygen atoms in total. The molecule has 0 radical (unpaired) electrons. The fourth-order valence-corrected chi connectivity index (χ4v) is 2.69. The molecule has 2 rings (SSSR count). The molecule has 1 heterocycles. The summed E-state index contributed by atoms with van der Waals surface area (Å²) in [5.41, 5.74) is 4.21. The van der Waals surface area contributed by atoms with Crippen LogP contribution < -0.4 is 10.2 Å². The minimum Gasteiger partial charge on any atom is -0.369 e. The third kappa shape index (κ3) is 3.05. The molecule has 0 bridgehead atoms. The number of aryl methyl sites for hydroxylation is 1. The highest BCUT2D eigenvalue weighted by molar-refractivity contribution is 5.52. The zero-order valence-corrected chi connectivity index (χ0v) is 12.2. The number of benzene rings is 1. The quantitative estimate of drug-likeness (QED) is 0.875. The normalized spacial score (nSPS) is 19.8. The largest absolute Gasteiger partial charge is 0.369 e. The van der Waals surface area contributed by atoms with Crippen LogP contribution in [0.1, 0.15) is 44.7 Å². The zero-order valence-electron chi connectivity index (χ0n) is 12.2. The molecule has 1 aromatic rings. The van der Waals surface area contributed by atoms with Crippen LogP contribution in [0.15, 0.2) is 18.2 Å². The Bertz CT molecular complexity index is 398. The molecule has 1 fully saturated rings. The predicted molar refractivity (Wildman–Crippen MR) is 79.2 cm³/mol. The van der Waals surface area contributed by atoms with E-state index in [4.69, 9.17) is 0 Å². The van der Waals surface area contributed by atoms with Crippen LogP contribution in [0.3, 0.4) is 0 Å². The van der Waals surface area contributed by atoms with Gasteiger partial charge in [-0.15, -0.1) is 0 Å². The summed E-state index contributed by atoms with van der Waals surface area (Å²) in [6, 6.07) is 8.16. The number of rotatable bonds is 4. The summed E-state index contributed by atoms with van der Waals surface area (Å²) in [6.45, 7) is 11.1. The summed E-state index contributed by atoms with van der Waals surface area (Å²) in [4.78, 5) is 2.53. The van der Waals surface area contributed by atoms with Gasteiger partial charge in [0.05, 0.1) is 0 Å². The molecule has 0 aromatic heterocycles. The van der Waals surface area contributed by atoms with Gasteiger partial charge in [0.1, 0.15) is 0 Å². The SMILES string of the molecule is Cc1cc(N2CCCC2C)ccc1CNC(C)C. The maximum absolute atomic E-state index is 3.49. The van der Waals surface area contributed by atoms with E-state index in [9.17, 15) is 0 Å². The summed E-state index contributed by atoms with van der Waals surface area (Å²) < 4.78 is 0. The van der Waals surface area contributed by atoms with Crippen molar-refractivity contribution in [3.05, 3.63) is 29.3 Å². The number of hydrogen-bond donors (Lipinski definition) is 1.